The highest BCUT2D eigenvalue weighted by Gasteiger charge is 2.33. The van der Waals surface area contributed by atoms with Gasteiger partial charge in [0.15, 0.2) is 0 Å². The Kier molecular flexibility index (Phi) is 12.4. The molecule has 6 heteroatoms. The number of hydrogen-bond acceptors (Lipinski definition) is 3. The largest absolute Gasteiger partial charge is 0.295 e. The van der Waals surface area contributed by atoms with Crippen molar-refractivity contribution in [2.75, 3.05) is 0 Å². The van der Waals surface area contributed by atoms with Crippen LogP contribution in [0.1, 0.15) is 152 Å². The van der Waals surface area contributed by atoms with Crippen molar-refractivity contribution in [2.45, 2.75) is 123 Å². The fourth-order valence-corrected chi connectivity index (χ4v) is 12.5. The summed E-state index contributed by atoms with van der Waals surface area (Å²) >= 11 is 1.65. The monoisotopic (exact) mass is 752 g/mol. The third-order valence-electron chi connectivity index (χ3n) is 10.2. The average molecular weight is 753 g/mol. The first-order valence-corrected chi connectivity index (χ1v) is 22.5. The molecular weight excluding hydrogens is 696 g/mol. The first-order chi connectivity index (χ1) is 24.4. The van der Waals surface area contributed by atoms with Crippen LogP contribution in [0.2, 0.25) is 0 Å². The summed E-state index contributed by atoms with van der Waals surface area (Å²) < 4.78 is 38.3. The van der Waals surface area contributed by atoms with Crippen molar-refractivity contribution in [3.05, 3.63) is 118 Å². The Morgan fingerprint density at radius 2 is 0.962 bits per heavy atom. The van der Waals surface area contributed by atoms with Crippen LogP contribution in [0.3, 0.4) is 0 Å². The van der Waals surface area contributed by atoms with Gasteiger partial charge in [-0.05, 0) is 109 Å². The molecule has 52 heavy (non-hydrogen) atoms. The van der Waals surface area contributed by atoms with Gasteiger partial charge in [0.2, 0.25) is 0 Å². The van der Waals surface area contributed by atoms with Gasteiger partial charge in [-0.2, -0.15) is 8.42 Å². The Morgan fingerprint density at radius 1 is 0.538 bits per heavy atom. The van der Waals surface area contributed by atoms with Crippen LogP contribution in [-0.4, -0.2) is 13.0 Å². The number of hydrogen-bond donors (Lipinski definition) is 1. The minimum atomic E-state index is -4.53. The Labute approximate surface area is 319 Å². The molecule has 0 aliphatic heterocycles. The molecule has 0 amide bonds. The molecule has 5 rings (SSSR count). The van der Waals surface area contributed by atoms with E-state index in [2.05, 4.69) is 143 Å². The quantitative estimate of drug-likeness (QED) is 0.102. The van der Waals surface area contributed by atoms with E-state index in [1.165, 1.54) is 44.5 Å². The van der Waals surface area contributed by atoms with Crippen molar-refractivity contribution in [3.8, 4) is 22.3 Å². The Balaban J connectivity index is 2.11. The zero-order chi connectivity index (χ0) is 38.2. The third kappa shape index (κ3) is 8.04. The van der Waals surface area contributed by atoms with E-state index in [0.29, 0.717) is 17.1 Å². The molecule has 1 unspecified atom stereocenters. The van der Waals surface area contributed by atoms with Gasteiger partial charge >= 0.3 is 0 Å². The highest BCUT2D eigenvalue weighted by atomic mass is 32.2. The van der Waals surface area contributed by atoms with Crippen molar-refractivity contribution in [3.63, 3.8) is 0 Å². The third-order valence-corrected chi connectivity index (χ3v) is 15.2. The highest BCUT2D eigenvalue weighted by molar-refractivity contribution is 7.89. The van der Waals surface area contributed by atoms with Crippen LogP contribution in [0.15, 0.2) is 89.1 Å². The van der Waals surface area contributed by atoms with E-state index in [1.54, 1.807) is 23.5 Å². The molecule has 4 aromatic carbocycles. The topological polar surface area (TPSA) is 54.4 Å². The van der Waals surface area contributed by atoms with Crippen molar-refractivity contribution < 1.29 is 13.0 Å². The minimum Gasteiger partial charge on any atom is -0.282 e. The lowest BCUT2D eigenvalue weighted by atomic mass is 9.79. The van der Waals surface area contributed by atoms with Gasteiger partial charge in [-0.3, -0.25) is 4.55 Å². The fraction of sp³-hybridized carbons (Fsp3) is 0.391. The van der Waals surface area contributed by atoms with Gasteiger partial charge < -0.3 is 0 Å². The predicted octanol–water partition coefficient (Wildman–Crippen LogP) is 12.8. The second-order valence-electron chi connectivity index (χ2n) is 16.0. The second kappa shape index (κ2) is 16.1. The Bertz CT molecular complexity index is 1990. The zero-order valence-corrected chi connectivity index (χ0v) is 35.6. The van der Waals surface area contributed by atoms with E-state index in [9.17, 15) is 13.0 Å². The normalized spacial score (nSPS) is 13.1. The lowest BCUT2D eigenvalue weighted by Crippen LogP contribution is -2.27. The zero-order valence-electron chi connectivity index (χ0n) is 33.1. The van der Waals surface area contributed by atoms with Gasteiger partial charge in [-0.15, -0.1) is 11.3 Å². The van der Waals surface area contributed by atoms with E-state index >= 15 is 0 Å². The first kappa shape index (κ1) is 40.1. The van der Waals surface area contributed by atoms with Crippen LogP contribution in [0.5, 0.6) is 0 Å². The van der Waals surface area contributed by atoms with E-state index < -0.39 is 18.0 Å². The molecule has 0 spiro atoms. The number of rotatable bonds is 12. The van der Waals surface area contributed by atoms with E-state index in [4.69, 9.17) is 0 Å². The second-order valence-corrected chi connectivity index (χ2v) is 20.7. The fourth-order valence-electron chi connectivity index (χ4n) is 7.33. The van der Waals surface area contributed by atoms with Crippen LogP contribution in [0.25, 0.3) is 22.3 Å². The SMILES string of the molecule is CC(C)c1cc(C(C)C)c(-c2cccc(-c3c(C(C)C)cc(C(C)C)cc3C(C)C)c2P(c2cccs2)c2ccccc2S(=O)(=O)O)c(C(C)C)c1. The minimum absolute atomic E-state index is 0.0260. The van der Waals surface area contributed by atoms with Gasteiger partial charge in [0, 0.05) is 23.1 Å². The molecule has 0 radical (unpaired) electrons. The summed E-state index contributed by atoms with van der Waals surface area (Å²) in [7, 11) is -6.00. The molecule has 0 aliphatic rings. The van der Waals surface area contributed by atoms with E-state index in [-0.39, 0.29) is 28.6 Å². The van der Waals surface area contributed by atoms with Crippen molar-refractivity contribution in [2.24, 2.45) is 0 Å². The molecule has 5 aromatic rings. The predicted molar refractivity (Wildman–Crippen MR) is 228 cm³/mol. The molecule has 3 nitrogen and oxygen atoms in total. The lowest BCUT2D eigenvalue weighted by Gasteiger charge is -2.31. The van der Waals surface area contributed by atoms with Gasteiger partial charge in [-0.1, -0.05) is 150 Å². The molecule has 0 fully saturated rings. The van der Waals surface area contributed by atoms with Crippen LogP contribution in [-0.2, 0) is 10.1 Å². The van der Waals surface area contributed by atoms with Crippen molar-refractivity contribution in [1.29, 1.82) is 0 Å². The standard InChI is InChI=1S/C46H57O3PS2/c1-27(2)33-23-37(29(5)6)44(38(24-33)30(7)8)35-17-15-18-36(45-39(31(9)10)25-34(28(3)4)26-40(45)32(11)12)46(35)50(43-21-16-22-51-43)41-19-13-14-20-42(41)52(47,48)49/h13-32H,1-12H3,(H,47,48,49). The molecule has 1 aromatic heterocycles. The van der Waals surface area contributed by atoms with Crippen LogP contribution in [0.4, 0.5) is 0 Å². The maximum absolute atomic E-state index is 13.2. The number of thiophene rings is 1. The molecular formula is C46H57O3PS2. The van der Waals surface area contributed by atoms with Gasteiger partial charge in [0.25, 0.3) is 10.1 Å². The summed E-state index contributed by atoms with van der Waals surface area (Å²) in [6.07, 6.45) is 0. The summed E-state index contributed by atoms with van der Waals surface area (Å²) in [5, 5.41) is 3.86. The van der Waals surface area contributed by atoms with Crippen LogP contribution < -0.4 is 15.2 Å². The lowest BCUT2D eigenvalue weighted by molar-refractivity contribution is 0.484. The maximum Gasteiger partial charge on any atom is 0.295 e. The van der Waals surface area contributed by atoms with Gasteiger partial charge in [-0.25, -0.2) is 0 Å². The van der Waals surface area contributed by atoms with E-state index in [1.807, 2.05) is 12.1 Å². The highest BCUT2D eigenvalue weighted by Crippen LogP contribution is 2.49. The molecule has 0 bridgehead atoms. The molecule has 1 heterocycles. The molecule has 1 N–H and O–H groups in total. The van der Waals surface area contributed by atoms with Gasteiger partial charge in [0.05, 0.1) is 0 Å². The van der Waals surface area contributed by atoms with Gasteiger partial charge in [0.1, 0.15) is 4.90 Å². The van der Waals surface area contributed by atoms with Crippen LogP contribution in [0, 0.1) is 0 Å². The average Bonchev–Trinajstić information content (AvgIpc) is 3.61. The van der Waals surface area contributed by atoms with E-state index in [0.717, 1.165) is 21.0 Å². The van der Waals surface area contributed by atoms with Crippen molar-refractivity contribution in [1.82, 2.24) is 0 Å². The summed E-state index contributed by atoms with van der Waals surface area (Å²) in [4.78, 5) is -0.0260. The summed E-state index contributed by atoms with van der Waals surface area (Å²) in [5.41, 5.74) is 12.7. The van der Waals surface area contributed by atoms with Crippen LogP contribution >= 0.6 is 19.3 Å². The Hall–Kier alpha value is -3.08. The summed E-state index contributed by atoms with van der Waals surface area (Å²) in [6, 6.07) is 27.7. The molecule has 0 saturated heterocycles. The number of benzene rings is 4. The molecule has 0 aliphatic carbocycles. The smallest absolute Gasteiger partial charge is 0.282 e. The summed E-state index contributed by atoms with van der Waals surface area (Å²) in [6.45, 7) is 27.3. The maximum atomic E-state index is 13.2. The summed E-state index contributed by atoms with van der Waals surface area (Å²) in [5.74, 6) is 1.77. The van der Waals surface area contributed by atoms with Crippen molar-refractivity contribution >= 4 is 44.6 Å². The molecule has 0 saturated carbocycles. The first-order valence-electron chi connectivity index (χ1n) is 18.8. The molecule has 276 valence electrons. The molecule has 1 atom stereocenters. The Morgan fingerprint density at radius 3 is 1.31 bits per heavy atom.